The van der Waals surface area contributed by atoms with Crippen LogP contribution in [0.5, 0.6) is 0 Å². The van der Waals surface area contributed by atoms with Gasteiger partial charge in [-0.1, -0.05) is 46.3 Å². The van der Waals surface area contributed by atoms with E-state index in [4.69, 9.17) is 5.73 Å². The van der Waals surface area contributed by atoms with Crippen LogP contribution in [-0.4, -0.2) is 14.6 Å². The van der Waals surface area contributed by atoms with Crippen molar-refractivity contribution in [3.63, 3.8) is 0 Å². The molecule has 0 aliphatic heterocycles. The minimum absolute atomic E-state index is 0.0313. The molecule has 0 spiro atoms. The number of rotatable bonds is 3. The van der Waals surface area contributed by atoms with Crippen LogP contribution in [0.1, 0.15) is 5.69 Å². The van der Waals surface area contributed by atoms with E-state index in [1.54, 1.807) is 54.6 Å². The van der Waals surface area contributed by atoms with E-state index in [9.17, 15) is 13.2 Å². The number of benzene rings is 2. The third kappa shape index (κ3) is 3.83. The molecule has 0 amide bonds. The van der Waals surface area contributed by atoms with Crippen molar-refractivity contribution in [3.05, 3.63) is 70.8 Å². The molecule has 4 rings (SSSR count). The molecule has 0 saturated carbocycles. The first-order valence-corrected chi connectivity index (χ1v) is 9.11. The number of nitrogens with zero attached hydrogens (tertiary/aromatic N) is 5. The molecule has 2 aromatic carbocycles. The fourth-order valence-electron chi connectivity index (χ4n) is 2.69. The van der Waals surface area contributed by atoms with Crippen LogP contribution < -0.4 is 5.73 Å². The first-order valence-electron chi connectivity index (χ1n) is 8.32. The maximum absolute atomic E-state index is 13.7. The minimum atomic E-state index is -4.66. The van der Waals surface area contributed by atoms with Crippen molar-refractivity contribution in [1.29, 1.82) is 0 Å². The summed E-state index contributed by atoms with van der Waals surface area (Å²) in [7, 11) is 0. The topological polar surface area (TPSA) is 80.9 Å². The average molecular weight is 461 g/mol. The summed E-state index contributed by atoms with van der Waals surface area (Å²) in [6, 6.07) is 16.4. The molecule has 2 aromatic heterocycles. The summed E-state index contributed by atoms with van der Waals surface area (Å²) in [4.78, 5) is 4.33. The number of nitrogens with two attached hydrogens (primary N) is 1. The van der Waals surface area contributed by atoms with Gasteiger partial charge in [-0.25, -0.2) is 9.50 Å². The summed E-state index contributed by atoms with van der Waals surface area (Å²) in [6.45, 7) is 0. The van der Waals surface area contributed by atoms with Crippen molar-refractivity contribution in [3.8, 4) is 11.3 Å². The number of halogens is 4. The van der Waals surface area contributed by atoms with Crippen LogP contribution in [0.15, 0.2) is 75.4 Å². The van der Waals surface area contributed by atoms with Gasteiger partial charge in [0.05, 0.1) is 11.4 Å². The van der Waals surface area contributed by atoms with Gasteiger partial charge >= 0.3 is 6.18 Å². The lowest BCUT2D eigenvalue weighted by atomic mass is 10.1. The van der Waals surface area contributed by atoms with E-state index in [-0.39, 0.29) is 22.8 Å². The Morgan fingerprint density at radius 1 is 0.966 bits per heavy atom. The molecule has 0 aliphatic rings. The van der Waals surface area contributed by atoms with Gasteiger partial charge in [-0.15, -0.1) is 10.2 Å². The molecule has 146 valence electrons. The van der Waals surface area contributed by atoms with Gasteiger partial charge < -0.3 is 5.73 Å². The van der Waals surface area contributed by atoms with Gasteiger partial charge in [0.2, 0.25) is 0 Å². The third-order valence-electron chi connectivity index (χ3n) is 4.04. The van der Waals surface area contributed by atoms with Gasteiger partial charge in [0.1, 0.15) is 0 Å². The largest absolute Gasteiger partial charge is 0.433 e. The van der Waals surface area contributed by atoms with Crippen molar-refractivity contribution < 1.29 is 13.2 Å². The standard InChI is InChI=1S/C19H12BrF3N6/c20-12-6-8-13(9-7-12)26-27-16-17(24)28-29-15(19(21,22)23)10-14(25-18(16)29)11-4-2-1-3-5-11/h1-10H,(H2,24,28). The predicted molar refractivity (Wildman–Crippen MR) is 106 cm³/mol. The summed E-state index contributed by atoms with van der Waals surface area (Å²) in [5, 5.41) is 11.9. The van der Waals surface area contributed by atoms with Gasteiger partial charge in [0.25, 0.3) is 0 Å². The lowest BCUT2D eigenvalue weighted by Gasteiger charge is -2.11. The zero-order valence-electron chi connectivity index (χ0n) is 14.6. The SMILES string of the molecule is Nc1nn2c(C(F)(F)F)cc(-c3ccccc3)nc2c1N=Nc1ccc(Br)cc1. The Kier molecular flexibility index (Phi) is 4.79. The van der Waals surface area contributed by atoms with Gasteiger partial charge in [0, 0.05) is 10.0 Å². The fourth-order valence-corrected chi connectivity index (χ4v) is 2.96. The molecule has 0 unspecified atom stereocenters. The summed E-state index contributed by atoms with van der Waals surface area (Å²) < 4.78 is 42.5. The highest BCUT2D eigenvalue weighted by Gasteiger charge is 2.36. The van der Waals surface area contributed by atoms with E-state index in [1.165, 1.54) is 0 Å². The van der Waals surface area contributed by atoms with E-state index in [0.29, 0.717) is 15.8 Å². The van der Waals surface area contributed by atoms with E-state index >= 15 is 0 Å². The first kappa shape index (κ1) is 19.1. The zero-order valence-corrected chi connectivity index (χ0v) is 16.2. The van der Waals surface area contributed by atoms with Gasteiger partial charge in [-0.3, -0.25) is 0 Å². The minimum Gasteiger partial charge on any atom is -0.380 e. The molecule has 0 saturated heterocycles. The molecule has 2 N–H and O–H groups in total. The highest BCUT2D eigenvalue weighted by atomic mass is 79.9. The highest BCUT2D eigenvalue weighted by Crippen LogP contribution is 2.36. The Hall–Kier alpha value is -3.27. The maximum atomic E-state index is 13.7. The third-order valence-corrected chi connectivity index (χ3v) is 4.57. The van der Waals surface area contributed by atoms with Crippen molar-refractivity contribution in [2.24, 2.45) is 10.2 Å². The van der Waals surface area contributed by atoms with Crippen LogP contribution >= 0.6 is 15.9 Å². The Bertz CT molecular complexity index is 1200. The van der Waals surface area contributed by atoms with E-state index < -0.39 is 11.9 Å². The van der Waals surface area contributed by atoms with E-state index in [0.717, 1.165) is 10.5 Å². The summed E-state index contributed by atoms with van der Waals surface area (Å²) in [6.07, 6.45) is -4.66. The number of fused-ring (bicyclic) bond motifs is 1. The molecule has 6 nitrogen and oxygen atoms in total. The van der Waals surface area contributed by atoms with Gasteiger partial charge in [0.15, 0.2) is 22.8 Å². The Morgan fingerprint density at radius 3 is 2.31 bits per heavy atom. The summed E-state index contributed by atoms with van der Waals surface area (Å²) in [5.41, 5.74) is 5.84. The molecule has 0 aliphatic carbocycles. The molecule has 4 aromatic rings. The lowest BCUT2D eigenvalue weighted by molar-refractivity contribution is -0.142. The van der Waals surface area contributed by atoms with Gasteiger partial charge in [-0.2, -0.15) is 18.3 Å². The molecule has 10 heteroatoms. The van der Waals surface area contributed by atoms with Crippen LogP contribution in [0.4, 0.5) is 30.4 Å². The van der Waals surface area contributed by atoms with Crippen molar-refractivity contribution in [2.45, 2.75) is 6.18 Å². The number of nitrogen functional groups attached to an aromatic ring is 1. The molecule has 0 fully saturated rings. The maximum Gasteiger partial charge on any atom is 0.433 e. The average Bonchev–Trinajstić information content (AvgIpc) is 3.01. The molecule has 0 bridgehead atoms. The number of aromatic nitrogens is 3. The fraction of sp³-hybridized carbons (Fsp3) is 0.0526. The number of hydrogen-bond acceptors (Lipinski definition) is 5. The van der Waals surface area contributed by atoms with Crippen molar-refractivity contribution >= 4 is 38.8 Å². The van der Waals surface area contributed by atoms with Gasteiger partial charge in [-0.05, 0) is 30.3 Å². The smallest absolute Gasteiger partial charge is 0.380 e. The zero-order chi connectivity index (χ0) is 20.6. The quantitative estimate of drug-likeness (QED) is 0.370. The van der Waals surface area contributed by atoms with E-state index in [1.807, 2.05) is 0 Å². The Morgan fingerprint density at radius 2 is 1.66 bits per heavy atom. The number of anilines is 1. The molecule has 0 atom stereocenters. The number of alkyl halides is 3. The van der Waals surface area contributed by atoms with Crippen LogP contribution in [0.3, 0.4) is 0 Å². The Balaban J connectivity index is 1.91. The van der Waals surface area contributed by atoms with Crippen molar-refractivity contribution in [2.75, 3.05) is 5.73 Å². The predicted octanol–water partition coefficient (Wildman–Crippen LogP) is 6.18. The molecular formula is C19H12BrF3N6. The molecular weight excluding hydrogens is 449 g/mol. The number of hydrogen-bond donors (Lipinski definition) is 1. The lowest BCUT2D eigenvalue weighted by Crippen LogP contribution is -2.13. The van der Waals surface area contributed by atoms with Crippen LogP contribution in [0, 0.1) is 0 Å². The molecule has 29 heavy (non-hydrogen) atoms. The second kappa shape index (κ2) is 7.28. The van der Waals surface area contributed by atoms with Crippen LogP contribution in [-0.2, 0) is 6.18 Å². The van der Waals surface area contributed by atoms with E-state index in [2.05, 4.69) is 36.2 Å². The molecule has 2 heterocycles. The van der Waals surface area contributed by atoms with Crippen molar-refractivity contribution in [1.82, 2.24) is 14.6 Å². The Labute approximate surface area is 171 Å². The van der Waals surface area contributed by atoms with Crippen LogP contribution in [0.25, 0.3) is 16.9 Å². The van der Waals surface area contributed by atoms with Crippen LogP contribution in [0.2, 0.25) is 0 Å². The normalized spacial score (nSPS) is 12.1. The monoisotopic (exact) mass is 460 g/mol. The summed E-state index contributed by atoms with van der Waals surface area (Å²) >= 11 is 3.31. The summed E-state index contributed by atoms with van der Waals surface area (Å²) in [5.74, 6) is -0.200. The second-order valence-electron chi connectivity index (χ2n) is 6.04. The number of azo groups is 1. The highest BCUT2D eigenvalue weighted by molar-refractivity contribution is 9.10. The second-order valence-corrected chi connectivity index (χ2v) is 6.95. The molecule has 0 radical (unpaired) electrons. The first-order chi connectivity index (χ1) is 13.8.